The standard InChI is InChI=1S/C28H29FN2O4S/c29-21-8-10-22(11-9-21)35-19-25-24-13-16-36-26(24)12-14-31(25)27(32)18-30(17-23-7-4-15-34-23)28(33)20-5-2-1-3-6-20/h1-3,5-6,8-11,13,16,23,25H,4,7,12,14-15,17-19H2/t23-,25+/m1/s1. The lowest BCUT2D eigenvalue weighted by molar-refractivity contribution is -0.135. The van der Waals surface area contributed by atoms with E-state index in [1.165, 1.54) is 17.0 Å². The summed E-state index contributed by atoms with van der Waals surface area (Å²) < 4.78 is 25.1. The molecule has 2 aliphatic heterocycles. The van der Waals surface area contributed by atoms with Crippen molar-refractivity contribution in [2.24, 2.45) is 0 Å². The zero-order valence-corrected chi connectivity index (χ0v) is 20.8. The Labute approximate surface area is 214 Å². The molecule has 2 aromatic carbocycles. The first-order valence-corrected chi connectivity index (χ1v) is 13.2. The Hall–Kier alpha value is -3.23. The molecule has 2 atom stereocenters. The van der Waals surface area contributed by atoms with Crippen LogP contribution in [-0.2, 0) is 16.0 Å². The van der Waals surface area contributed by atoms with Crippen LogP contribution in [0, 0.1) is 5.82 Å². The van der Waals surface area contributed by atoms with Crippen LogP contribution in [0.4, 0.5) is 4.39 Å². The molecule has 2 aliphatic rings. The summed E-state index contributed by atoms with van der Waals surface area (Å²) in [6.07, 6.45) is 2.54. The van der Waals surface area contributed by atoms with Crippen molar-refractivity contribution in [2.45, 2.75) is 31.4 Å². The van der Waals surface area contributed by atoms with Gasteiger partial charge >= 0.3 is 0 Å². The molecule has 188 valence electrons. The Morgan fingerprint density at radius 1 is 1.11 bits per heavy atom. The van der Waals surface area contributed by atoms with Crippen LogP contribution in [0.15, 0.2) is 66.0 Å². The third kappa shape index (κ3) is 5.60. The molecule has 5 rings (SSSR count). The zero-order valence-electron chi connectivity index (χ0n) is 20.0. The van der Waals surface area contributed by atoms with E-state index in [0.717, 1.165) is 24.8 Å². The van der Waals surface area contributed by atoms with Crippen LogP contribution in [0.1, 0.15) is 39.7 Å². The van der Waals surface area contributed by atoms with Crippen LogP contribution >= 0.6 is 11.3 Å². The molecule has 0 spiro atoms. The van der Waals surface area contributed by atoms with Gasteiger partial charge in [0, 0.05) is 30.1 Å². The van der Waals surface area contributed by atoms with Gasteiger partial charge in [0.05, 0.1) is 12.1 Å². The maximum absolute atomic E-state index is 13.7. The molecule has 6 nitrogen and oxygen atoms in total. The van der Waals surface area contributed by atoms with Crippen LogP contribution in [0.5, 0.6) is 5.75 Å². The molecule has 36 heavy (non-hydrogen) atoms. The van der Waals surface area contributed by atoms with Gasteiger partial charge < -0.3 is 19.3 Å². The summed E-state index contributed by atoms with van der Waals surface area (Å²) in [7, 11) is 0. The van der Waals surface area contributed by atoms with E-state index in [1.54, 1.807) is 40.5 Å². The molecular weight excluding hydrogens is 479 g/mol. The van der Waals surface area contributed by atoms with E-state index >= 15 is 0 Å². The van der Waals surface area contributed by atoms with Crippen LogP contribution in [0.2, 0.25) is 0 Å². The number of thiophene rings is 1. The van der Waals surface area contributed by atoms with E-state index < -0.39 is 0 Å². The Balaban J connectivity index is 1.34. The van der Waals surface area contributed by atoms with Gasteiger partial charge in [-0.15, -0.1) is 11.3 Å². The summed E-state index contributed by atoms with van der Waals surface area (Å²) >= 11 is 1.68. The van der Waals surface area contributed by atoms with E-state index in [9.17, 15) is 14.0 Å². The molecule has 0 saturated carbocycles. The fraction of sp³-hybridized carbons (Fsp3) is 0.357. The molecule has 1 saturated heterocycles. The molecule has 0 N–H and O–H groups in total. The van der Waals surface area contributed by atoms with Crippen LogP contribution in [0.3, 0.4) is 0 Å². The second-order valence-corrected chi connectivity index (χ2v) is 10.1. The van der Waals surface area contributed by atoms with Crippen molar-refractivity contribution in [3.8, 4) is 5.75 Å². The third-order valence-electron chi connectivity index (χ3n) is 6.72. The van der Waals surface area contributed by atoms with Gasteiger partial charge in [-0.3, -0.25) is 9.59 Å². The number of nitrogens with zero attached hydrogens (tertiary/aromatic N) is 2. The molecule has 0 radical (unpaired) electrons. The van der Waals surface area contributed by atoms with Crippen molar-refractivity contribution in [1.82, 2.24) is 9.80 Å². The predicted octanol–water partition coefficient (Wildman–Crippen LogP) is 4.71. The SMILES string of the molecule is O=C(c1ccccc1)N(CC(=O)N1CCc2sccc2[C@@H]1COc1ccc(F)cc1)C[C@H]1CCCO1. The van der Waals surface area contributed by atoms with Crippen LogP contribution < -0.4 is 4.74 Å². The molecule has 2 amide bonds. The number of hydrogen-bond donors (Lipinski definition) is 0. The molecule has 3 aromatic rings. The summed E-state index contributed by atoms with van der Waals surface area (Å²) in [5, 5.41) is 2.03. The number of halogens is 1. The van der Waals surface area contributed by atoms with Crippen molar-refractivity contribution in [2.75, 3.05) is 32.8 Å². The van der Waals surface area contributed by atoms with E-state index in [4.69, 9.17) is 9.47 Å². The molecule has 8 heteroatoms. The van der Waals surface area contributed by atoms with Gasteiger partial charge in [-0.05, 0) is 72.7 Å². The molecule has 1 aromatic heterocycles. The average Bonchev–Trinajstić information content (AvgIpc) is 3.60. The Morgan fingerprint density at radius 2 is 1.92 bits per heavy atom. The lowest BCUT2D eigenvalue weighted by Crippen LogP contribution is -2.49. The number of amides is 2. The topological polar surface area (TPSA) is 59.1 Å². The highest BCUT2D eigenvalue weighted by atomic mass is 32.1. The van der Waals surface area contributed by atoms with Gasteiger partial charge in [0.1, 0.15) is 24.7 Å². The summed E-state index contributed by atoms with van der Waals surface area (Å²) in [6, 6.07) is 16.7. The Morgan fingerprint density at radius 3 is 2.67 bits per heavy atom. The minimum Gasteiger partial charge on any atom is -0.491 e. The van der Waals surface area contributed by atoms with E-state index in [0.29, 0.717) is 31.0 Å². The quantitative estimate of drug-likeness (QED) is 0.442. The lowest BCUT2D eigenvalue weighted by Gasteiger charge is -2.37. The number of rotatable bonds is 8. The number of fused-ring (bicyclic) bond motifs is 1. The fourth-order valence-electron chi connectivity index (χ4n) is 4.85. The number of ether oxygens (including phenoxy) is 2. The zero-order chi connectivity index (χ0) is 24.9. The monoisotopic (exact) mass is 508 g/mol. The molecule has 3 heterocycles. The smallest absolute Gasteiger partial charge is 0.254 e. The third-order valence-corrected chi connectivity index (χ3v) is 7.72. The second kappa shape index (κ2) is 11.2. The maximum atomic E-state index is 13.7. The molecule has 0 unspecified atom stereocenters. The summed E-state index contributed by atoms with van der Waals surface area (Å²) in [5.41, 5.74) is 1.63. The van der Waals surface area contributed by atoms with Crippen molar-refractivity contribution < 1.29 is 23.5 Å². The first-order valence-electron chi connectivity index (χ1n) is 12.3. The number of carbonyl (C=O) groups excluding carboxylic acids is 2. The number of benzene rings is 2. The summed E-state index contributed by atoms with van der Waals surface area (Å²) in [5.74, 6) is -0.0783. The van der Waals surface area contributed by atoms with Crippen molar-refractivity contribution in [1.29, 1.82) is 0 Å². The normalized spacial score (nSPS) is 19.1. The lowest BCUT2D eigenvalue weighted by atomic mass is 10.00. The predicted molar refractivity (Wildman–Crippen MR) is 136 cm³/mol. The first kappa shape index (κ1) is 24.5. The van der Waals surface area contributed by atoms with Crippen molar-refractivity contribution >= 4 is 23.2 Å². The van der Waals surface area contributed by atoms with E-state index in [2.05, 4.69) is 0 Å². The minimum absolute atomic E-state index is 0.0277. The highest BCUT2D eigenvalue weighted by Gasteiger charge is 2.34. The Kier molecular flexibility index (Phi) is 7.63. The van der Waals surface area contributed by atoms with Gasteiger partial charge in [0.25, 0.3) is 5.91 Å². The van der Waals surface area contributed by atoms with E-state index in [1.807, 2.05) is 34.5 Å². The molecule has 0 bridgehead atoms. The van der Waals surface area contributed by atoms with Gasteiger partial charge in [0.15, 0.2) is 0 Å². The van der Waals surface area contributed by atoms with Gasteiger partial charge in [-0.25, -0.2) is 4.39 Å². The van der Waals surface area contributed by atoms with E-state index in [-0.39, 0.29) is 42.9 Å². The number of carbonyl (C=O) groups is 2. The van der Waals surface area contributed by atoms with Gasteiger partial charge in [-0.2, -0.15) is 0 Å². The molecular formula is C28H29FN2O4S. The number of hydrogen-bond acceptors (Lipinski definition) is 5. The Bertz CT molecular complexity index is 1180. The van der Waals surface area contributed by atoms with Crippen LogP contribution in [-0.4, -0.2) is 60.6 Å². The summed E-state index contributed by atoms with van der Waals surface area (Å²) in [4.78, 5) is 31.8. The van der Waals surface area contributed by atoms with Gasteiger partial charge in [-0.1, -0.05) is 18.2 Å². The second-order valence-electron chi connectivity index (χ2n) is 9.10. The highest BCUT2D eigenvalue weighted by Crippen LogP contribution is 2.34. The molecule has 0 aliphatic carbocycles. The first-order chi connectivity index (χ1) is 17.6. The summed E-state index contributed by atoms with van der Waals surface area (Å²) in [6.45, 7) is 1.84. The van der Waals surface area contributed by atoms with Crippen molar-refractivity contribution in [3.63, 3.8) is 0 Å². The molecule has 1 fully saturated rings. The van der Waals surface area contributed by atoms with Crippen molar-refractivity contribution in [3.05, 3.63) is 87.9 Å². The van der Waals surface area contributed by atoms with Gasteiger partial charge in [0.2, 0.25) is 5.91 Å². The minimum atomic E-state index is -0.327. The maximum Gasteiger partial charge on any atom is 0.254 e. The highest BCUT2D eigenvalue weighted by molar-refractivity contribution is 7.10. The largest absolute Gasteiger partial charge is 0.491 e. The van der Waals surface area contributed by atoms with Crippen LogP contribution in [0.25, 0.3) is 0 Å². The average molecular weight is 509 g/mol. The fourth-order valence-corrected chi connectivity index (χ4v) is 5.78.